The van der Waals surface area contributed by atoms with Gasteiger partial charge in [-0.2, -0.15) is 0 Å². The van der Waals surface area contributed by atoms with Crippen molar-refractivity contribution in [3.05, 3.63) is 47.5 Å². The Morgan fingerprint density at radius 2 is 1.43 bits per heavy atom. The smallest absolute Gasteiger partial charge is 0.411 e. The maximum Gasteiger partial charge on any atom is 0.411 e. The summed E-state index contributed by atoms with van der Waals surface area (Å²) >= 11 is 0. The molecule has 0 spiro atoms. The van der Waals surface area contributed by atoms with E-state index >= 15 is 0 Å². The van der Waals surface area contributed by atoms with Gasteiger partial charge in [0.15, 0.2) is 17.5 Å². The predicted molar refractivity (Wildman–Crippen MR) is 116 cm³/mol. The van der Waals surface area contributed by atoms with Gasteiger partial charge in [0.2, 0.25) is 5.75 Å². The van der Waals surface area contributed by atoms with Crippen LogP contribution < -0.4 is 30.2 Å². The number of nitrogens with zero attached hydrogens (tertiary/aromatic N) is 1. The number of carbonyl (C=O) groups is 1. The lowest BCUT2D eigenvalue weighted by Gasteiger charge is -2.16. The number of benzene rings is 2. The third-order valence-electron chi connectivity index (χ3n) is 4.25. The molecule has 0 heterocycles. The SMILES string of the molecule is CN=C(NCc1ccc(NC(=O)OC)cc1)NCc1cc(OC)c(OC)c(OC)c1. The van der Waals surface area contributed by atoms with Gasteiger partial charge in [-0.25, -0.2) is 4.79 Å². The summed E-state index contributed by atoms with van der Waals surface area (Å²) in [4.78, 5) is 15.5. The lowest BCUT2D eigenvalue weighted by atomic mass is 10.2. The Morgan fingerprint density at radius 3 is 1.90 bits per heavy atom. The zero-order chi connectivity index (χ0) is 21.9. The Morgan fingerprint density at radius 1 is 0.867 bits per heavy atom. The van der Waals surface area contributed by atoms with E-state index in [1.807, 2.05) is 24.3 Å². The van der Waals surface area contributed by atoms with Crippen molar-refractivity contribution in [2.75, 3.05) is 40.8 Å². The van der Waals surface area contributed by atoms with Crippen LogP contribution in [-0.2, 0) is 17.8 Å². The van der Waals surface area contributed by atoms with Gasteiger partial charge in [-0.3, -0.25) is 10.3 Å². The van der Waals surface area contributed by atoms with Gasteiger partial charge in [-0.1, -0.05) is 12.1 Å². The fourth-order valence-electron chi connectivity index (χ4n) is 2.70. The van der Waals surface area contributed by atoms with E-state index in [9.17, 15) is 4.79 Å². The predicted octanol–water partition coefficient (Wildman–Crippen LogP) is 2.76. The van der Waals surface area contributed by atoms with Gasteiger partial charge in [0.05, 0.1) is 28.4 Å². The van der Waals surface area contributed by atoms with Gasteiger partial charge in [-0.05, 0) is 35.4 Å². The fourth-order valence-corrected chi connectivity index (χ4v) is 2.70. The number of nitrogens with one attached hydrogen (secondary N) is 3. The van der Waals surface area contributed by atoms with E-state index in [0.29, 0.717) is 42.0 Å². The Balaban J connectivity index is 1.94. The first-order valence-corrected chi connectivity index (χ1v) is 9.21. The van der Waals surface area contributed by atoms with Crippen molar-refractivity contribution in [2.24, 2.45) is 4.99 Å². The van der Waals surface area contributed by atoms with Crippen LogP contribution in [0, 0.1) is 0 Å². The summed E-state index contributed by atoms with van der Waals surface area (Å²) < 4.78 is 20.7. The van der Waals surface area contributed by atoms with Crippen LogP contribution in [0.5, 0.6) is 17.2 Å². The van der Waals surface area contributed by atoms with E-state index in [4.69, 9.17) is 14.2 Å². The molecule has 0 radical (unpaired) electrons. The summed E-state index contributed by atoms with van der Waals surface area (Å²) in [5.41, 5.74) is 2.64. The van der Waals surface area contributed by atoms with E-state index in [0.717, 1.165) is 11.1 Å². The second-order valence-electron chi connectivity index (χ2n) is 6.13. The Hall–Kier alpha value is -3.62. The summed E-state index contributed by atoms with van der Waals surface area (Å²) in [7, 11) is 7.77. The van der Waals surface area contributed by atoms with E-state index in [1.54, 1.807) is 40.5 Å². The van der Waals surface area contributed by atoms with Crippen molar-refractivity contribution in [1.29, 1.82) is 0 Å². The van der Waals surface area contributed by atoms with E-state index < -0.39 is 6.09 Å². The quantitative estimate of drug-likeness (QED) is 0.449. The second-order valence-corrected chi connectivity index (χ2v) is 6.13. The van der Waals surface area contributed by atoms with Gasteiger partial charge in [-0.15, -0.1) is 0 Å². The van der Waals surface area contributed by atoms with Gasteiger partial charge < -0.3 is 29.6 Å². The molecule has 2 aromatic rings. The number of ether oxygens (including phenoxy) is 4. The van der Waals surface area contributed by atoms with Crippen LogP contribution in [0.1, 0.15) is 11.1 Å². The topological polar surface area (TPSA) is 102 Å². The molecule has 2 aromatic carbocycles. The van der Waals surface area contributed by atoms with Crippen molar-refractivity contribution in [3.63, 3.8) is 0 Å². The lowest BCUT2D eigenvalue weighted by molar-refractivity contribution is 0.187. The van der Waals surface area contributed by atoms with Gasteiger partial charge in [0.1, 0.15) is 0 Å². The monoisotopic (exact) mass is 416 g/mol. The maximum atomic E-state index is 11.2. The second kappa shape index (κ2) is 11.4. The van der Waals surface area contributed by atoms with Crippen LogP contribution in [0.2, 0.25) is 0 Å². The molecule has 162 valence electrons. The summed E-state index contributed by atoms with van der Waals surface area (Å²) in [6.07, 6.45) is -0.503. The van der Waals surface area contributed by atoms with Crippen molar-refractivity contribution in [1.82, 2.24) is 10.6 Å². The number of hydrogen-bond donors (Lipinski definition) is 3. The fraction of sp³-hybridized carbons (Fsp3) is 0.333. The first-order chi connectivity index (χ1) is 14.5. The molecule has 0 unspecified atom stereocenters. The van der Waals surface area contributed by atoms with Crippen molar-refractivity contribution in [3.8, 4) is 17.2 Å². The molecule has 0 saturated carbocycles. The Kier molecular flexibility index (Phi) is 8.61. The van der Waals surface area contributed by atoms with Crippen LogP contribution in [0.25, 0.3) is 0 Å². The molecule has 0 aliphatic carbocycles. The molecule has 30 heavy (non-hydrogen) atoms. The normalized spacial score (nSPS) is 10.8. The van der Waals surface area contributed by atoms with Crippen LogP contribution in [0.15, 0.2) is 41.4 Å². The molecular weight excluding hydrogens is 388 g/mol. The van der Waals surface area contributed by atoms with Gasteiger partial charge in [0, 0.05) is 25.8 Å². The highest BCUT2D eigenvalue weighted by Crippen LogP contribution is 2.38. The van der Waals surface area contributed by atoms with Crippen LogP contribution in [0.3, 0.4) is 0 Å². The summed E-state index contributed by atoms with van der Waals surface area (Å²) in [5.74, 6) is 2.38. The highest BCUT2D eigenvalue weighted by Gasteiger charge is 2.13. The van der Waals surface area contributed by atoms with Crippen molar-refractivity contribution >= 4 is 17.7 Å². The average molecular weight is 416 g/mol. The van der Waals surface area contributed by atoms with Gasteiger partial charge >= 0.3 is 6.09 Å². The number of guanidine groups is 1. The number of aliphatic imine (C=N–C) groups is 1. The molecule has 0 fully saturated rings. The summed E-state index contributed by atoms with van der Waals surface area (Å²) in [5, 5.41) is 9.11. The zero-order valence-electron chi connectivity index (χ0n) is 17.9. The minimum Gasteiger partial charge on any atom is -0.493 e. The molecule has 0 bridgehead atoms. The Bertz CT molecular complexity index is 843. The lowest BCUT2D eigenvalue weighted by Crippen LogP contribution is -2.36. The van der Waals surface area contributed by atoms with Crippen molar-refractivity contribution < 1.29 is 23.7 Å². The largest absolute Gasteiger partial charge is 0.493 e. The molecule has 0 atom stereocenters. The van der Waals surface area contributed by atoms with E-state index in [1.165, 1.54) is 7.11 Å². The molecule has 0 aliphatic heterocycles. The molecule has 3 N–H and O–H groups in total. The molecular formula is C21H28N4O5. The molecule has 0 aliphatic rings. The molecule has 1 amide bonds. The standard InChI is InChI=1S/C21H28N4O5/c1-22-20(23-12-14-6-8-16(9-7-14)25-21(26)30-5)24-13-15-10-17(27-2)19(29-4)18(11-15)28-3/h6-11H,12-13H2,1-5H3,(H,25,26)(H2,22,23,24). The van der Waals surface area contributed by atoms with E-state index in [-0.39, 0.29) is 0 Å². The summed E-state index contributed by atoms with van der Waals surface area (Å²) in [6, 6.07) is 11.2. The number of hydrogen-bond acceptors (Lipinski definition) is 6. The highest BCUT2D eigenvalue weighted by atomic mass is 16.5. The van der Waals surface area contributed by atoms with E-state index in [2.05, 4.69) is 25.7 Å². The Labute approximate surface area is 176 Å². The minimum atomic E-state index is -0.503. The zero-order valence-corrected chi connectivity index (χ0v) is 17.9. The van der Waals surface area contributed by atoms with Crippen LogP contribution in [0.4, 0.5) is 10.5 Å². The van der Waals surface area contributed by atoms with Gasteiger partial charge in [0.25, 0.3) is 0 Å². The number of rotatable bonds is 8. The number of amides is 1. The number of anilines is 1. The van der Waals surface area contributed by atoms with Crippen molar-refractivity contribution in [2.45, 2.75) is 13.1 Å². The first-order valence-electron chi connectivity index (χ1n) is 9.21. The third kappa shape index (κ3) is 6.20. The number of carbonyl (C=O) groups excluding carboxylic acids is 1. The molecule has 2 rings (SSSR count). The molecule has 9 heteroatoms. The molecule has 0 aromatic heterocycles. The number of methoxy groups -OCH3 is 4. The summed E-state index contributed by atoms with van der Waals surface area (Å²) in [6.45, 7) is 1.08. The third-order valence-corrected chi connectivity index (χ3v) is 4.25. The maximum absolute atomic E-state index is 11.2. The first kappa shape index (κ1) is 22.7. The van der Waals surface area contributed by atoms with Crippen LogP contribution in [-0.4, -0.2) is 47.5 Å². The average Bonchev–Trinajstić information content (AvgIpc) is 2.79. The molecule has 0 saturated heterocycles. The van der Waals surface area contributed by atoms with Crippen LogP contribution >= 0.6 is 0 Å². The minimum absolute atomic E-state index is 0.503. The highest BCUT2D eigenvalue weighted by molar-refractivity contribution is 5.84. The molecule has 9 nitrogen and oxygen atoms in total.